The van der Waals surface area contributed by atoms with Crippen molar-refractivity contribution in [3.05, 3.63) is 72.3 Å². The molecule has 29 heavy (non-hydrogen) atoms. The van der Waals surface area contributed by atoms with Crippen LogP contribution in [-0.2, 0) is 0 Å². The van der Waals surface area contributed by atoms with Crippen molar-refractivity contribution >= 4 is 17.8 Å². The number of anilines is 1. The predicted octanol–water partition coefficient (Wildman–Crippen LogP) is 4.64. The fourth-order valence-corrected chi connectivity index (χ4v) is 2.55. The standard InChI is InChI=1S/C20H15F3N4O2/c1-3-13-4-5-14(29-20(21,22)23)8-15(13)17-10-26-18(11-25-17)27-19(28)16-9-24-7-6-12(16)2/h3-11H,1H2,2H3,(H,26,27,28). The minimum absolute atomic E-state index is 0.185. The van der Waals surface area contributed by atoms with Gasteiger partial charge in [0.15, 0.2) is 5.82 Å². The third-order valence-corrected chi connectivity index (χ3v) is 3.93. The number of aromatic nitrogens is 3. The van der Waals surface area contributed by atoms with E-state index in [1.54, 1.807) is 19.2 Å². The van der Waals surface area contributed by atoms with Crippen molar-refractivity contribution in [1.82, 2.24) is 15.0 Å². The van der Waals surface area contributed by atoms with Gasteiger partial charge >= 0.3 is 6.36 Å². The van der Waals surface area contributed by atoms with Crippen LogP contribution in [0.25, 0.3) is 17.3 Å². The molecule has 3 rings (SSSR count). The number of carbonyl (C=O) groups excluding carboxylic acids is 1. The summed E-state index contributed by atoms with van der Waals surface area (Å²) in [4.78, 5) is 24.5. The van der Waals surface area contributed by atoms with Gasteiger partial charge in [0.05, 0.1) is 23.7 Å². The van der Waals surface area contributed by atoms with E-state index in [2.05, 4.69) is 31.6 Å². The number of nitrogens with one attached hydrogen (secondary N) is 1. The van der Waals surface area contributed by atoms with Crippen LogP contribution in [0.1, 0.15) is 21.5 Å². The molecule has 1 N–H and O–H groups in total. The van der Waals surface area contributed by atoms with Gasteiger partial charge in [-0.2, -0.15) is 0 Å². The van der Waals surface area contributed by atoms with Crippen molar-refractivity contribution in [2.45, 2.75) is 13.3 Å². The third kappa shape index (κ3) is 4.95. The smallest absolute Gasteiger partial charge is 0.406 e. The van der Waals surface area contributed by atoms with E-state index in [9.17, 15) is 18.0 Å². The highest BCUT2D eigenvalue weighted by molar-refractivity contribution is 6.04. The van der Waals surface area contributed by atoms with Gasteiger partial charge in [0.2, 0.25) is 0 Å². The van der Waals surface area contributed by atoms with Gasteiger partial charge in [0.1, 0.15) is 5.75 Å². The summed E-state index contributed by atoms with van der Waals surface area (Å²) in [5, 5.41) is 2.60. The van der Waals surface area contributed by atoms with Crippen molar-refractivity contribution in [2.75, 3.05) is 5.32 Å². The largest absolute Gasteiger partial charge is 0.573 e. The fraction of sp³-hybridized carbons (Fsp3) is 0.100. The van der Waals surface area contributed by atoms with Gasteiger partial charge in [-0.1, -0.05) is 18.7 Å². The van der Waals surface area contributed by atoms with Crippen molar-refractivity contribution in [3.63, 3.8) is 0 Å². The zero-order valence-corrected chi connectivity index (χ0v) is 15.2. The zero-order valence-electron chi connectivity index (χ0n) is 15.2. The lowest BCUT2D eigenvalue weighted by molar-refractivity contribution is -0.274. The maximum absolute atomic E-state index is 12.5. The van der Waals surface area contributed by atoms with Gasteiger partial charge in [-0.15, -0.1) is 13.2 Å². The summed E-state index contributed by atoms with van der Waals surface area (Å²) in [6.45, 7) is 5.42. The normalized spacial score (nSPS) is 11.0. The first kappa shape index (κ1) is 20.0. The molecule has 0 bridgehead atoms. The van der Waals surface area contributed by atoms with E-state index in [4.69, 9.17) is 0 Å². The topological polar surface area (TPSA) is 77.0 Å². The molecule has 0 radical (unpaired) electrons. The first-order chi connectivity index (χ1) is 13.8. The van der Waals surface area contributed by atoms with Gasteiger partial charge < -0.3 is 10.1 Å². The minimum Gasteiger partial charge on any atom is -0.406 e. The summed E-state index contributed by atoms with van der Waals surface area (Å²) >= 11 is 0. The highest BCUT2D eigenvalue weighted by Gasteiger charge is 2.31. The summed E-state index contributed by atoms with van der Waals surface area (Å²) in [6.07, 6.45) is 2.34. The number of benzene rings is 1. The molecule has 0 unspecified atom stereocenters. The molecule has 2 heterocycles. The van der Waals surface area contributed by atoms with Crippen LogP contribution in [0.2, 0.25) is 0 Å². The Hall–Kier alpha value is -3.75. The monoisotopic (exact) mass is 400 g/mol. The van der Waals surface area contributed by atoms with Gasteiger partial charge in [-0.25, -0.2) is 4.98 Å². The van der Waals surface area contributed by atoms with E-state index in [0.29, 0.717) is 22.4 Å². The van der Waals surface area contributed by atoms with E-state index < -0.39 is 12.3 Å². The Morgan fingerprint density at radius 1 is 1.17 bits per heavy atom. The maximum atomic E-state index is 12.5. The lowest BCUT2D eigenvalue weighted by Crippen LogP contribution is -2.17. The number of ether oxygens (including phenoxy) is 1. The Morgan fingerprint density at radius 2 is 1.97 bits per heavy atom. The molecule has 6 nitrogen and oxygen atoms in total. The molecule has 2 aromatic heterocycles. The molecule has 0 aliphatic carbocycles. The Balaban J connectivity index is 1.84. The van der Waals surface area contributed by atoms with Crippen LogP contribution >= 0.6 is 0 Å². The number of rotatable bonds is 5. The molecule has 0 fully saturated rings. The molecular formula is C20H15F3N4O2. The molecule has 0 aliphatic rings. The third-order valence-electron chi connectivity index (χ3n) is 3.93. The van der Waals surface area contributed by atoms with Crippen LogP contribution in [0, 0.1) is 6.92 Å². The van der Waals surface area contributed by atoms with Crippen molar-refractivity contribution in [2.24, 2.45) is 0 Å². The van der Waals surface area contributed by atoms with Crippen LogP contribution in [-0.4, -0.2) is 27.2 Å². The molecule has 0 saturated heterocycles. The quantitative estimate of drug-likeness (QED) is 0.675. The Kier molecular flexibility index (Phi) is 5.58. The van der Waals surface area contributed by atoms with Crippen molar-refractivity contribution in [3.8, 4) is 17.0 Å². The van der Waals surface area contributed by atoms with Crippen molar-refractivity contribution < 1.29 is 22.7 Å². The second-order valence-electron chi connectivity index (χ2n) is 5.93. The zero-order chi connectivity index (χ0) is 21.0. The maximum Gasteiger partial charge on any atom is 0.573 e. The predicted molar refractivity (Wildman–Crippen MR) is 101 cm³/mol. The van der Waals surface area contributed by atoms with E-state index in [0.717, 1.165) is 5.56 Å². The second-order valence-corrected chi connectivity index (χ2v) is 5.93. The molecule has 3 aromatic rings. The van der Waals surface area contributed by atoms with E-state index in [1.165, 1.54) is 42.9 Å². The molecule has 1 aromatic carbocycles. The van der Waals surface area contributed by atoms with Crippen LogP contribution in [0.15, 0.2) is 55.6 Å². The molecule has 148 valence electrons. The summed E-state index contributed by atoms with van der Waals surface area (Å²) in [5.74, 6) is -0.598. The first-order valence-electron chi connectivity index (χ1n) is 8.33. The molecule has 1 amide bonds. The lowest BCUT2D eigenvalue weighted by atomic mass is 10.0. The minimum atomic E-state index is -4.81. The first-order valence-corrected chi connectivity index (χ1v) is 8.33. The summed E-state index contributed by atoms with van der Waals surface area (Å²) < 4.78 is 41.4. The molecular weight excluding hydrogens is 385 g/mol. The van der Waals surface area contributed by atoms with Gasteiger partial charge in [0.25, 0.3) is 5.91 Å². The number of nitrogens with zero attached hydrogens (tertiary/aromatic N) is 3. The van der Waals surface area contributed by atoms with Gasteiger partial charge in [-0.05, 0) is 36.2 Å². The number of halogens is 3. The summed E-state index contributed by atoms with van der Waals surface area (Å²) in [5.41, 5.74) is 2.35. The average molecular weight is 400 g/mol. The average Bonchev–Trinajstić information content (AvgIpc) is 2.67. The number of pyridine rings is 1. The molecule has 0 atom stereocenters. The number of alkyl halides is 3. The van der Waals surface area contributed by atoms with Crippen LogP contribution in [0.5, 0.6) is 5.75 Å². The summed E-state index contributed by atoms with van der Waals surface area (Å²) in [7, 11) is 0. The number of hydrogen-bond acceptors (Lipinski definition) is 5. The van der Waals surface area contributed by atoms with Gasteiger partial charge in [-0.3, -0.25) is 14.8 Å². The van der Waals surface area contributed by atoms with Crippen molar-refractivity contribution in [1.29, 1.82) is 0 Å². The Bertz CT molecular complexity index is 1050. The molecule has 0 aliphatic heterocycles. The van der Waals surface area contributed by atoms with E-state index >= 15 is 0 Å². The van der Waals surface area contributed by atoms with E-state index in [1.807, 2.05) is 0 Å². The Morgan fingerprint density at radius 3 is 2.59 bits per heavy atom. The fourth-order valence-electron chi connectivity index (χ4n) is 2.55. The molecule has 0 saturated carbocycles. The SMILES string of the molecule is C=Cc1ccc(OC(F)(F)F)cc1-c1cnc(NC(=O)c2cnccc2C)cn1. The van der Waals surface area contributed by atoms with Crippen LogP contribution < -0.4 is 10.1 Å². The Labute approximate surface area is 164 Å². The second kappa shape index (κ2) is 8.09. The lowest BCUT2D eigenvalue weighted by Gasteiger charge is -2.12. The van der Waals surface area contributed by atoms with Gasteiger partial charge in [0, 0.05) is 18.0 Å². The number of hydrogen-bond donors (Lipinski definition) is 1. The number of aryl methyl sites for hydroxylation is 1. The number of carbonyl (C=O) groups is 1. The highest BCUT2D eigenvalue weighted by atomic mass is 19.4. The van der Waals surface area contributed by atoms with Crippen LogP contribution in [0.3, 0.4) is 0 Å². The highest BCUT2D eigenvalue weighted by Crippen LogP contribution is 2.30. The van der Waals surface area contributed by atoms with Crippen LogP contribution in [0.4, 0.5) is 19.0 Å². The molecule has 0 spiro atoms. The summed E-state index contributed by atoms with van der Waals surface area (Å²) in [6, 6.07) is 5.53. The van der Waals surface area contributed by atoms with E-state index in [-0.39, 0.29) is 11.6 Å². The molecule has 9 heteroatoms. The number of amides is 1.